The van der Waals surface area contributed by atoms with E-state index in [1.165, 1.54) is 50.5 Å². The largest absolute Gasteiger partial charge is 0.455 e. The third kappa shape index (κ3) is 4.95. The molecular weight excluding hydrogens is 576 g/mol. The topological polar surface area (TPSA) is 134 Å². The van der Waals surface area contributed by atoms with Crippen molar-refractivity contribution < 1.29 is 26.4 Å². The minimum atomic E-state index is -3.75. The van der Waals surface area contributed by atoms with Gasteiger partial charge in [-0.15, -0.1) is 0 Å². The molecule has 0 saturated carbocycles. The third-order valence-corrected chi connectivity index (χ3v) is 8.44. The Balaban J connectivity index is 1.63. The van der Waals surface area contributed by atoms with Gasteiger partial charge in [0.1, 0.15) is 28.8 Å². The summed E-state index contributed by atoms with van der Waals surface area (Å²) < 4.78 is 60.8. The number of rotatable bonds is 6. The quantitative estimate of drug-likeness (QED) is 0.217. The lowest BCUT2D eigenvalue weighted by atomic mass is 9.98. The molecular formula is C31H25F2N5O4S. The summed E-state index contributed by atoms with van der Waals surface area (Å²) in [4.78, 5) is 20.7. The molecule has 0 aliphatic carbocycles. The van der Waals surface area contributed by atoms with E-state index in [9.17, 15) is 22.0 Å². The Hall–Kier alpha value is -5.23. The third-order valence-electron chi connectivity index (χ3n) is 7.25. The lowest BCUT2D eigenvalue weighted by Gasteiger charge is -2.21. The highest BCUT2D eigenvalue weighted by atomic mass is 32.2. The van der Waals surface area contributed by atoms with E-state index in [0.29, 0.717) is 44.4 Å². The molecule has 0 bridgehead atoms. The molecule has 0 saturated heterocycles. The number of H-pyrrole nitrogens is 1. The molecule has 0 aliphatic rings. The van der Waals surface area contributed by atoms with Crippen LogP contribution in [0.15, 0.2) is 77.2 Å². The summed E-state index contributed by atoms with van der Waals surface area (Å²) in [6.45, 7) is 0. The van der Waals surface area contributed by atoms with E-state index in [4.69, 9.17) is 10.2 Å². The number of nitrogens with one attached hydrogen (secondary N) is 2. The molecule has 0 spiro atoms. The van der Waals surface area contributed by atoms with E-state index in [1.54, 1.807) is 36.4 Å². The number of benzene rings is 3. The number of carbonyl (C=O) groups is 1. The molecule has 1 amide bonds. The van der Waals surface area contributed by atoms with E-state index in [-0.39, 0.29) is 28.4 Å². The van der Waals surface area contributed by atoms with Crippen molar-refractivity contribution in [2.24, 2.45) is 0 Å². The van der Waals surface area contributed by atoms with Crippen molar-refractivity contribution in [1.82, 2.24) is 15.3 Å². The van der Waals surface area contributed by atoms with Crippen LogP contribution in [0.1, 0.15) is 10.4 Å². The molecule has 3 aromatic heterocycles. The fourth-order valence-corrected chi connectivity index (χ4v) is 5.57. The van der Waals surface area contributed by atoms with Crippen molar-refractivity contribution >= 4 is 49.3 Å². The molecule has 43 heavy (non-hydrogen) atoms. The zero-order valence-electron chi connectivity index (χ0n) is 23.2. The van der Waals surface area contributed by atoms with Crippen LogP contribution in [-0.4, -0.2) is 44.6 Å². The number of nitrogen functional groups attached to an aromatic ring is 1. The summed E-state index contributed by atoms with van der Waals surface area (Å²) in [5, 5.41) is 3.39. The van der Waals surface area contributed by atoms with Crippen LogP contribution in [0.25, 0.3) is 55.7 Å². The van der Waals surface area contributed by atoms with Gasteiger partial charge in [0.25, 0.3) is 5.91 Å². The predicted octanol–water partition coefficient (Wildman–Crippen LogP) is 5.93. The van der Waals surface area contributed by atoms with Crippen molar-refractivity contribution in [2.75, 3.05) is 30.4 Å². The number of hydrogen-bond acceptors (Lipinski definition) is 6. The lowest BCUT2D eigenvalue weighted by Crippen LogP contribution is -2.25. The highest BCUT2D eigenvalue weighted by Gasteiger charge is 2.26. The molecule has 12 heteroatoms. The highest BCUT2D eigenvalue weighted by molar-refractivity contribution is 7.92. The summed E-state index contributed by atoms with van der Waals surface area (Å²) in [5.74, 6) is -0.988. The Morgan fingerprint density at radius 1 is 1.00 bits per heavy atom. The van der Waals surface area contributed by atoms with Crippen molar-refractivity contribution in [2.45, 2.75) is 0 Å². The Kier molecular flexibility index (Phi) is 6.65. The number of nitrogens with two attached hydrogens (primary N) is 1. The van der Waals surface area contributed by atoms with E-state index >= 15 is 0 Å². The summed E-state index contributed by atoms with van der Waals surface area (Å²) in [6.07, 6.45) is 1.06. The van der Waals surface area contributed by atoms with Gasteiger partial charge in [0.2, 0.25) is 10.0 Å². The second-order valence-electron chi connectivity index (χ2n) is 10.0. The monoisotopic (exact) mass is 601 g/mol. The van der Waals surface area contributed by atoms with Crippen molar-refractivity contribution in [3.8, 4) is 33.8 Å². The average Bonchev–Trinajstić information content (AvgIpc) is 3.58. The number of nitrogens with zero attached hydrogens (tertiary/aromatic N) is 2. The number of fused-ring (bicyclic) bond motifs is 2. The van der Waals surface area contributed by atoms with Gasteiger partial charge in [0.15, 0.2) is 0 Å². The molecule has 0 atom stereocenters. The number of amides is 1. The molecule has 0 radical (unpaired) electrons. The minimum absolute atomic E-state index is 0.130. The standard InChI is InChI=1S/C31H25F2N5O4S/c1-35-31(39)29-21-13-19(17-11-24(37-28(34)12-17)25-14-20-22(33)5-4-6-23(20)36-25)26(38(2)43(3,40)41)15-27(21)42-30(29)16-7-9-18(32)10-8-16/h4-15,36H,1-3H3,(H2,34,37)(H,35,39). The molecule has 6 aromatic rings. The van der Waals surface area contributed by atoms with Crippen LogP contribution in [0.5, 0.6) is 0 Å². The lowest BCUT2D eigenvalue weighted by molar-refractivity contribution is 0.0964. The number of furan rings is 1. The first-order valence-corrected chi connectivity index (χ1v) is 14.9. The molecule has 4 N–H and O–H groups in total. The van der Waals surface area contributed by atoms with Crippen molar-refractivity contribution in [3.05, 3.63) is 90.0 Å². The van der Waals surface area contributed by atoms with Crippen LogP contribution in [0.4, 0.5) is 20.3 Å². The van der Waals surface area contributed by atoms with E-state index in [1.807, 2.05) is 0 Å². The first-order valence-electron chi connectivity index (χ1n) is 13.0. The van der Waals surface area contributed by atoms with Gasteiger partial charge in [-0.1, -0.05) is 6.07 Å². The van der Waals surface area contributed by atoms with Crippen LogP contribution < -0.4 is 15.4 Å². The molecule has 0 aliphatic heterocycles. The van der Waals surface area contributed by atoms with Gasteiger partial charge in [0.05, 0.1) is 28.9 Å². The normalized spacial score (nSPS) is 11.7. The zero-order chi connectivity index (χ0) is 30.6. The van der Waals surface area contributed by atoms with Crippen LogP contribution >= 0.6 is 0 Å². The molecule has 0 unspecified atom stereocenters. The van der Waals surface area contributed by atoms with Gasteiger partial charge in [-0.05, 0) is 66.2 Å². The first-order chi connectivity index (χ1) is 20.4. The number of anilines is 2. The second kappa shape index (κ2) is 10.2. The Labute approximate surface area is 245 Å². The fourth-order valence-electron chi connectivity index (χ4n) is 5.06. The highest BCUT2D eigenvalue weighted by Crippen LogP contribution is 2.42. The SMILES string of the molecule is CNC(=O)c1c(-c2ccc(F)cc2)oc2cc(N(C)S(C)(=O)=O)c(-c3cc(N)nc(-c4cc5c(F)cccc5[nH]4)c3)cc12. The Bertz CT molecular complexity index is 2170. The number of aromatic amines is 1. The average molecular weight is 602 g/mol. The molecule has 0 fully saturated rings. The molecule has 218 valence electrons. The van der Waals surface area contributed by atoms with Crippen LogP contribution in [0.3, 0.4) is 0 Å². The second-order valence-corrected chi connectivity index (χ2v) is 12.1. The number of hydrogen-bond donors (Lipinski definition) is 3. The Morgan fingerprint density at radius 3 is 2.42 bits per heavy atom. The van der Waals surface area contributed by atoms with Gasteiger partial charge in [-0.3, -0.25) is 9.10 Å². The maximum absolute atomic E-state index is 14.4. The fraction of sp³-hybridized carbons (Fsp3) is 0.0968. The number of aromatic nitrogens is 2. The van der Waals surface area contributed by atoms with Crippen molar-refractivity contribution in [1.29, 1.82) is 0 Å². The van der Waals surface area contributed by atoms with E-state index in [0.717, 1.165) is 10.6 Å². The smallest absolute Gasteiger partial charge is 0.255 e. The molecule has 3 heterocycles. The van der Waals surface area contributed by atoms with Crippen LogP contribution in [0.2, 0.25) is 0 Å². The predicted molar refractivity (Wildman–Crippen MR) is 163 cm³/mol. The summed E-state index contributed by atoms with van der Waals surface area (Å²) >= 11 is 0. The van der Waals surface area contributed by atoms with Gasteiger partial charge in [0, 0.05) is 47.6 Å². The summed E-state index contributed by atoms with van der Waals surface area (Å²) in [7, 11) is -0.883. The molecule has 6 rings (SSSR count). The zero-order valence-corrected chi connectivity index (χ0v) is 24.0. The van der Waals surface area contributed by atoms with E-state index < -0.39 is 27.6 Å². The number of carbonyl (C=O) groups excluding carboxylic acids is 1. The van der Waals surface area contributed by atoms with Crippen LogP contribution in [0, 0.1) is 11.6 Å². The number of pyridine rings is 1. The van der Waals surface area contributed by atoms with E-state index in [2.05, 4.69) is 15.3 Å². The Morgan fingerprint density at radius 2 is 1.74 bits per heavy atom. The van der Waals surface area contributed by atoms with Gasteiger partial charge < -0.3 is 20.5 Å². The number of halogens is 2. The first kappa shape index (κ1) is 27.9. The van der Waals surface area contributed by atoms with Gasteiger partial charge in [-0.25, -0.2) is 22.2 Å². The maximum Gasteiger partial charge on any atom is 0.255 e. The summed E-state index contributed by atoms with van der Waals surface area (Å²) in [5.41, 5.74) is 9.72. The summed E-state index contributed by atoms with van der Waals surface area (Å²) in [6, 6.07) is 18.2. The molecule has 9 nitrogen and oxygen atoms in total. The van der Waals surface area contributed by atoms with Gasteiger partial charge >= 0.3 is 0 Å². The number of sulfonamides is 1. The van der Waals surface area contributed by atoms with Gasteiger partial charge in [-0.2, -0.15) is 0 Å². The molecule has 3 aromatic carbocycles. The minimum Gasteiger partial charge on any atom is -0.455 e. The maximum atomic E-state index is 14.4. The van der Waals surface area contributed by atoms with Crippen molar-refractivity contribution in [3.63, 3.8) is 0 Å². The van der Waals surface area contributed by atoms with Crippen LogP contribution in [-0.2, 0) is 10.0 Å².